The minimum absolute atomic E-state index is 1.03. The van der Waals surface area contributed by atoms with Crippen molar-refractivity contribution in [1.29, 1.82) is 0 Å². The molecule has 0 spiro atoms. The zero-order chi connectivity index (χ0) is 15.5. The Morgan fingerprint density at radius 3 is 2.68 bits per heavy atom. The van der Waals surface area contributed by atoms with Crippen molar-refractivity contribution in [2.45, 2.75) is 38.9 Å². The monoisotopic (exact) mass is 307 g/mol. The molecule has 0 fully saturated rings. The highest BCUT2D eigenvalue weighted by Gasteiger charge is 2.32. The van der Waals surface area contributed by atoms with Crippen LogP contribution in [0.4, 0.5) is 0 Å². The quantitative estimate of drug-likeness (QED) is 0.383. The van der Waals surface area contributed by atoms with E-state index in [2.05, 4.69) is 60.9 Å². The number of nitrogens with zero attached hydrogens (tertiary/aromatic N) is 2. The number of hydrogen-bond acceptors (Lipinski definition) is 1. The molecule has 112 valence electrons. The lowest BCUT2D eigenvalue weighted by molar-refractivity contribution is -0.680. The molecule has 22 heavy (non-hydrogen) atoms. The lowest BCUT2D eigenvalue weighted by atomic mass is 10.0. The molecule has 0 bridgehead atoms. The average molecular weight is 307 g/mol. The Bertz CT molecular complexity index is 912. The molecule has 3 heteroatoms. The lowest BCUT2D eigenvalue weighted by Gasteiger charge is -2.16. The third-order valence-electron chi connectivity index (χ3n) is 5.37. The molecule has 2 aromatic carbocycles. The van der Waals surface area contributed by atoms with Crippen molar-refractivity contribution in [2.75, 3.05) is 0 Å². The molecule has 4 rings (SSSR count). The predicted octanol–water partition coefficient (Wildman–Crippen LogP) is 3.25. The molecule has 2 heterocycles. The van der Waals surface area contributed by atoms with Crippen LogP contribution in [0.1, 0.15) is 18.2 Å². The smallest absolute Gasteiger partial charge is 0.236 e. The van der Waals surface area contributed by atoms with Gasteiger partial charge in [0, 0.05) is 6.42 Å². The maximum absolute atomic E-state index is 4.64. The second-order valence-electron chi connectivity index (χ2n) is 7.27. The van der Waals surface area contributed by atoms with Crippen LogP contribution in [-0.2, 0) is 19.9 Å². The van der Waals surface area contributed by atoms with Gasteiger partial charge >= 0.3 is 0 Å². The van der Waals surface area contributed by atoms with E-state index in [0.29, 0.717) is 0 Å². The molecule has 0 saturated carbocycles. The highest BCUT2D eigenvalue weighted by molar-refractivity contribution is 6.91. The largest absolute Gasteiger partial charge is 0.286 e. The molecule has 1 aromatic heterocycles. The third kappa shape index (κ3) is 1.92. The van der Waals surface area contributed by atoms with Gasteiger partial charge in [0.1, 0.15) is 5.69 Å². The van der Waals surface area contributed by atoms with Gasteiger partial charge < -0.3 is 0 Å². The van der Waals surface area contributed by atoms with Crippen LogP contribution in [-0.4, -0.2) is 13.1 Å². The van der Waals surface area contributed by atoms with E-state index in [-0.39, 0.29) is 0 Å². The highest BCUT2D eigenvalue weighted by Crippen LogP contribution is 2.29. The van der Waals surface area contributed by atoms with Crippen LogP contribution in [0.5, 0.6) is 0 Å². The Balaban J connectivity index is 2.06. The first kappa shape index (κ1) is 13.9. The van der Waals surface area contributed by atoms with E-state index in [1.165, 1.54) is 34.3 Å². The summed E-state index contributed by atoms with van der Waals surface area (Å²) in [6.45, 7) is 7.22. The predicted molar refractivity (Wildman–Crippen MR) is 95.4 cm³/mol. The zero-order valence-electron chi connectivity index (χ0n) is 13.9. The average Bonchev–Trinajstić information content (AvgIpc) is 2.78. The van der Waals surface area contributed by atoms with Gasteiger partial charge in [0.05, 0.1) is 20.5 Å². The van der Waals surface area contributed by atoms with Gasteiger partial charge in [-0.15, -0.1) is 0 Å². The van der Waals surface area contributed by atoms with E-state index in [1.54, 1.807) is 10.8 Å². The van der Waals surface area contributed by atoms with Crippen molar-refractivity contribution < 1.29 is 4.57 Å². The number of benzene rings is 2. The molecule has 2 nitrogen and oxygen atoms in total. The first-order valence-corrected chi connectivity index (χ1v) is 11.4. The summed E-state index contributed by atoms with van der Waals surface area (Å²) in [6, 6.07) is 10.9. The Morgan fingerprint density at radius 1 is 1.14 bits per heavy atom. The standard InChI is InChI=1S/C19H23N2Si/c1-5-18-16-9-14-8-13-6-7-22(3,4)19(13)11-15(14)10-17(16)20-12-21(18)2/h8-12H,5-7H2,1-4H3/q+1. The number of fused-ring (bicyclic) bond motifs is 3. The molecule has 0 radical (unpaired) electrons. The summed E-state index contributed by atoms with van der Waals surface area (Å²) in [7, 11) is 0.893. The second-order valence-corrected chi connectivity index (χ2v) is 12.1. The molecule has 0 N–H and O–H groups in total. The fourth-order valence-corrected chi connectivity index (χ4v) is 6.77. The maximum atomic E-state index is 4.64. The number of rotatable bonds is 1. The van der Waals surface area contributed by atoms with Crippen LogP contribution >= 0.6 is 0 Å². The van der Waals surface area contributed by atoms with Crippen molar-refractivity contribution >= 4 is 34.9 Å². The van der Waals surface area contributed by atoms with Crippen LogP contribution in [0.25, 0.3) is 21.7 Å². The number of hydrogen-bond donors (Lipinski definition) is 0. The van der Waals surface area contributed by atoms with Crippen LogP contribution in [0, 0.1) is 0 Å². The minimum atomic E-state index is -1.20. The van der Waals surface area contributed by atoms with Crippen molar-refractivity contribution in [3.63, 3.8) is 0 Å². The third-order valence-corrected chi connectivity index (χ3v) is 8.79. The number of aryl methyl sites for hydroxylation is 3. The fourth-order valence-electron chi connectivity index (χ4n) is 3.99. The molecule has 0 atom stereocenters. The van der Waals surface area contributed by atoms with Gasteiger partial charge in [0.25, 0.3) is 6.33 Å². The zero-order valence-corrected chi connectivity index (χ0v) is 14.9. The molecule has 3 aromatic rings. The molecule has 0 amide bonds. The number of aromatic nitrogens is 2. The first-order valence-electron chi connectivity index (χ1n) is 8.24. The van der Waals surface area contributed by atoms with Gasteiger partial charge in [0.2, 0.25) is 0 Å². The van der Waals surface area contributed by atoms with Gasteiger partial charge in [-0.3, -0.25) is 0 Å². The van der Waals surface area contributed by atoms with Crippen molar-refractivity contribution in [1.82, 2.24) is 4.98 Å². The Labute approximate surface area is 132 Å². The summed E-state index contributed by atoms with van der Waals surface area (Å²) in [5.41, 5.74) is 4.08. The van der Waals surface area contributed by atoms with Crippen molar-refractivity contribution in [3.05, 3.63) is 41.9 Å². The van der Waals surface area contributed by atoms with Gasteiger partial charge in [-0.25, -0.2) is 4.57 Å². The summed E-state index contributed by atoms with van der Waals surface area (Å²) in [4.78, 5) is 4.64. The van der Waals surface area contributed by atoms with E-state index >= 15 is 0 Å². The summed E-state index contributed by atoms with van der Waals surface area (Å²) in [5.74, 6) is 0. The summed E-state index contributed by atoms with van der Waals surface area (Å²) < 4.78 is 2.15. The molecule has 0 saturated heterocycles. The summed E-state index contributed by atoms with van der Waals surface area (Å²) in [6.07, 6.45) is 4.24. The molecular formula is C19H23N2Si+. The minimum Gasteiger partial charge on any atom is -0.236 e. The Kier molecular flexibility index (Phi) is 2.92. The van der Waals surface area contributed by atoms with Gasteiger partial charge in [-0.05, 0) is 45.9 Å². The SMILES string of the molecule is CCc1c2cc3cc4c(cc3cc2nc[n+]1C)[Si](C)(C)CC4. The molecule has 1 aliphatic heterocycles. The van der Waals surface area contributed by atoms with Crippen LogP contribution in [0.15, 0.2) is 30.6 Å². The van der Waals surface area contributed by atoms with Crippen LogP contribution in [0.2, 0.25) is 19.1 Å². The van der Waals surface area contributed by atoms with Crippen molar-refractivity contribution in [3.8, 4) is 0 Å². The van der Waals surface area contributed by atoms with E-state index in [4.69, 9.17) is 0 Å². The normalized spacial score (nSPS) is 16.4. The topological polar surface area (TPSA) is 16.8 Å². The second kappa shape index (κ2) is 4.62. The van der Waals surface area contributed by atoms with E-state index in [1.807, 2.05) is 6.33 Å². The van der Waals surface area contributed by atoms with Crippen LogP contribution < -0.4 is 9.75 Å². The van der Waals surface area contributed by atoms with E-state index < -0.39 is 8.07 Å². The van der Waals surface area contributed by atoms with Crippen molar-refractivity contribution in [2.24, 2.45) is 7.05 Å². The first-order chi connectivity index (χ1) is 10.5. The fraction of sp³-hybridized carbons (Fsp3) is 0.368. The maximum Gasteiger partial charge on any atom is 0.286 e. The Morgan fingerprint density at radius 2 is 1.91 bits per heavy atom. The summed E-state index contributed by atoms with van der Waals surface area (Å²) >= 11 is 0. The summed E-state index contributed by atoms with van der Waals surface area (Å²) in [5, 5.41) is 5.70. The Hall–Kier alpha value is -1.74. The van der Waals surface area contributed by atoms with Gasteiger partial charge in [0.15, 0.2) is 5.52 Å². The molecule has 1 aliphatic rings. The van der Waals surface area contributed by atoms with Gasteiger partial charge in [-0.2, -0.15) is 0 Å². The lowest BCUT2D eigenvalue weighted by Crippen LogP contribution is -2.37. The van der Waals surface area contributed by atoms with Crippen LogP contribution in [0.3, 0.4) is 0 Å². The molecule has 0 aliphatic carbocycles. The molecular weight excluding hydrogens is 284 g/mol. The van der Waals surface area contributed by atoms with E-state index in [0.717, 1.165) is 11.9 Å². The highest BCUT2D eigenvalue weighted by atomic mass is 28.3. The van der Waals surface area contributed by atoms with E-state index in [9.17, 15) is 0 Å². The van der Waals surface area contributed by atoms with Gasteiger partial charge in [-0.1, -0.05) is 37.3 Å². The molecule has 0 unspecified atom stereocenters.